The lowest BCUT2D eigenvalue weighted by Crippen LogP contribution is -2.44. The van der Waals surface area contributed by atoms with Crippen molar-refractivity contribution in [3.63, 3.8) is 0 Å². The van der Waals surface area contributed by atoms with Crippen LogP contribution in [0.4, 0.5) is 0 Å². The van der Waals surface area contributed by atoms with Crippen molar-refractivity contribution in [3.8, 4) is 5.75 Å². The van der Waals surface area contributed by atoms with E-state index in [-0.39, 0.29) is 6.04 Å². The highest BCUT2D eigenvalue weighted by Gasteiger charge is 2.18. The summed E-state index contributed by atoms with van der Waals surface area (Å²) in [6.45, 7) is 7.13. The summed E-state index contributed by atoms with van der Waals surface area (Å²) >= 11 is 0. The van der Waals surface area contributed by atoms with Gasteiger partial charge in [-0.25, -0.2) is 0 Å². The van der Waals surface area contributed by atoms with Gasteiger partial charge in [-0.3, -0.25) is 9.78 Å². The van der Waals surface area contributed by atoms with Crippen LogP contribution in [0.25, 0.3) is 0 Å². The molecule has 0 amide bonds. The number of hydrogen-bond donors (Lipinski definition) is 1. The van der Waals surface area contributed by atoms with Gasteiger partial charge in [0.15, 0.2) is 0 Å². The van der Waals surface area contributed by atoms with Crippen LogP contribution in [0.2, 0.25) is 0 Å². The minimum Gasteiger partial charge on any atom is -0.490 e. The van der Waals surface area contributed by atoms with Gasteiger partial charge in [-0.1, -0.05) is 13.8 Å². The Morgan fingerprint density at radius 2 is 2.05 bits per heavy atom. The van der Waals surface area contributed by atoms with Crippen LogP contribution in [0.5, 0.6) is 5.75 Å². The number of pyridine rings is 1. The topological polar surface area (TPSA) is 68.5 Å². The predicted octanol–water partition coefficient (Wildman–Crippen LogP) is 1.58. The van der Waals surface area contributed by atoms with Crippen LogP contribution < -0.4 is 10.5 Å². The zero-order valence-corrected chi connectivity index (χ0v) is 12.9. The molecule has 0 aromatic carbocycles. The van der Waals surface area contributed by atoms with E-state index in [1.54, 1.807) is 6.20 Å². The van der Waals surface area contributed by atoms with Crippen LogP contribution >= 0.6 is 0 Å². The van der Waals surface area contributed by atoms with Crippen LogP contribution in [-0.4, -0.2) is 48.0 Å². The zero-order chi connectivity index (χ0) is 15.2. The Bertz CT molecular complexity index is 466. The second-order valence-electron chi connectivity index (χ2n) is 6.02. The van der Waals surface area contributed by atoms with E-state index in [1.165, 1.54) is 0 Å². The molecular weight excluding hydrogens is 266 g/mol. The summed E-state index contributed by atoms with van der Waals surface area (Å²) in [4.78, 5) is 17.6. The van der Waals surface area contributed by atoms with Crippen molar-refractivity contribution in [1.29, 1.82) is 0 Å². The number of carbonyl (C=O) groups is 1. The zero-order valence-electron chi connectivity index (χ0n) is 12.9. The Morgan fingerprint density at radius 1 is 1.33 bits per heavy atom. The lowest BCUT2D eigenvalue weighted by Gasteiger charge is -2.28. The molecule has 116 valence electrons. The monoisotopic (exact) mass is 291 g/mol. The Balaban J connectivity index is 1.77. The second kappa shape index (κ2) is 7.52. The van der Waals surface area contributed by atoms with Crippen molar-refractivity contribution in [2.45, 2.75) is 38.6 Å². The molecule has 5 nitrogen and oxygen atoms in total. The number of carbonyl (C=O) groups excluding carboxylic acids is 1. The molecule has 1 aromatic heterocycles. The molecule has 1 saturated heterocycles. The van der Waals surface area contributed by atoms with Crippen molar-refractivity contribution in [2.24, 2.45) is 5.73 Å². The smallest absolute Gasteiger partial charge is 0.137 e. The molecule has 1 aromatic rings. The number of hydrogen-bond acceptors (Lipinski definition) is 5. The number of ketones is 1. The van der Waals surface area contributed by atoms with Gasteiger partial charge in [0, 0.05) is 38.7 Å². The molecule has 0 aliphatic carbocycles. The van der Waals surface area contributed by atoms with Crippen molar-refractivity contribution < 1.29 is 9.53 Å². The predicted molar refractivity (Wildman–Crippen MR) is 82.5 cm³/mol. The molecular formula is C16H25N3O2. The number of ether oxygens (including phenoxy) is 1. The number of aromatic nitrogens is 1. The Morgan fingerprint density at radius 3 is 2.71 bits per heavy atom. The Hall–Kier alpha value is -1.46. The minimum absolute atomic E-state index is 0.0547. The number of nitrogens with two attached hydrogens (primary N) is 1. The van der Waals surface area contributed by atoms with Gasteiger partial charge in [0.1, 0.15) is 18.1 Å². The molecule has 21 heavy (non-hydrogen) atoms. The molecule has 0 radical (unpaired) electrons. The highest BCUT2D eigenvalue weighted by atomic mass is 16.5. The summed E-state index contributed by atoms with van der Waals surface area (Å²) in [6.07, 6.45) is 4.88. The van der Waals surface area contributed by atoms with E-state index in [0.29, 0.717) is 31.1 Å². The third-order valence-electron chi connectivity index (χ3n) is 3.77. The molecule has 0 saturated carbocycles. The number of likely N-dealkylation sites (tertiary alicyclic amines) is 1. The lowest BCUT2D eigenvalue weighted by atomic mass is 10.1. The first-order chi connectivity index (χ1) is 10.0. The molecule has 0 bridgehead atoms. The van der Waals surface area contributed by atoms with Gasteiger partial charge in [0.25, 0.3) is 0 Å². The first-order valence-electron chi connectivity index (χ1n) is 7.62. The summed E-state index contributed by atoms with van der Waals surface area (Å²) in [5.41, 5.74) is 7.28. The van der Waals surface area contributed by atoms with E-state index in [4.69, 9.17) is 10.5 Å². The van der Waals surface area contributed by atoms with E-state index in [2.05, 4.69) is 23.7 Å². The highest BCUT2D eigenvalue weighted by molar-refractivity contribution is 5.79. The third kappa shape index (κ3) is 5.10. The molecule has 1 fully saturated rings. The van der Waals surface area contributed by atoms with E-state index < -0.39 is 0 Å². The summed E-state index contributed by atoms with van der Waals surface area (Å²) < 4.78 is 5.74. The van der Waals surface area contributed by atoms with E-state index in [0.717, 1.165) is 30.9 Å². The maximum Gasteiger partial charge on any atom is 0.137 e. The summed E-state index contributed by atoms with van der Waals surface area (Å²) in [5.74, 6) is 1.55. The van der Waals surface area contributed by atoms with Crippen LogP contribution in [0, 0.1) is 0 Å². The first kappa shape index (κ1) is 15.9. The summed E-state index contributed by atoms with van der Waals surface area (Å²) in [7, 11) is 0. The number of nitrogens with zero attached hydrogens (tertiary/aromatic N) is 2. The SMILES string of the molecule is CC(C)c1cncc(OCC(N)CN2CCC(=O)CC2)c1. The van der Waals surface area contributed by atoms with Gasteiger partial charge in [-0.15, -0.1) is 0 Å². The number of rotatable bonds is 6. The average molecular weight is 291 g/mol. The summed E-state index contributed by atoms with van der Waals surface area (Å²) in [5, 5.41) is 0. The molecule has 1 aliphatic heterocycles. The lowest BCUT2D eigenvalue weighted by molar-refractivity contribution is -0.121. The molecule has 2 rings (SSSR count). The van der Waals surface area contributed by atoms with E-state index >= 15 is 0 Å². The third-order valence-corrected chi connectivity index (χ3v) is 3.77. The Kier molecular flexibility index (Phi) is 5.70. The molecule has 2 heterocycles. The molecule has 2 N–H and O–H groups in total. The van der Waals surface area contributed by atoms with Crippen LogP contribution in [0.3, 0.4) is 0 Å². The van der Waals surface area contributed by atoms with Crippen molar-refractivity contribution in [2.75, 3.05) is 26.2 Å². The fraction of sp³-hybridized carbons (Fsp3) is 0.625. The Labute approximate surface area is 126 Å². The minimum atomic E-state index is -0.0547. The quantitative estimate of drug-likeness (QED) is 0.861. The maximum absolute atomic E-state index is 11.2. The van der Waals surface area contributed by atoms with Crippen molar-refractivity contribution in [1.82, 2.24) is 9.88 Å². The fourth-order valence-electron chi connectivity index (χ4n) is 2.40. The number of piperidine rings is 1. The summed E-state index contributed by atoms with van der Waals surface area (Å²) in [6, 6.07) is 1.96. The van der Waals surface area contributed by atoms with Crippen LogP contribution in [-0.2, 0) is 4.79 Å². The van der Waals surface area contributed by atoms with Crippen LogP contribution in [0.15, 0.2) is 18.5 Å². The highest BCUT2D eigenvalue weighted by Crippen LogP contribution is 2.18. The van der Waals surface area contributed by atoms with Crippen molar-refractivity contribution >= 4 is 5.78 Å². The standard InChI is InChI=1S/C16H25N3O2/c1-12(2)13-7-16(9-18-8-13)21-11-14(17)10-19-5-3-15(20)4-6-19/h7-9,12,14H,3-6,10-11,17H2,1-2H3. The van der Waals surface area contributed by atoms with E-state index in [1.807, 2.05) is 12.3 Å². The van der Waals surface area contributed by atoms with Gasteiger partial charge in [-0.2, -0.15) is 0 Å². The van der Waals surface area contributed by atoms with E-state index in [9.17, 15) is 4.79 Å². The number of Topliss-reactive ketones (excluding diaryl/α,β-unsaturated/α-hetero) is 1. The largest absolute Gasteiger partial charge is 0.490 e. The van der Waals surface area contributed by atoms with Crippen molar-refractivity contribution in [3.05, 3.63) is 24.0 Å². The van der Waals surface area contributed by atoms with Crippen LogP contribution in [0.1, 0.15) is 38.2 Å². The molecule has 5 heteroatoms. The van der Waals surface area contributed by atoms with Gasteiger partial charge in [0.2, 0.25) is 0 Å². The maximum atomic E-state index is 11.2. The second-order valence-corrected chi connectivity index (χ2v) is 6.02. The van der Waals surface area contributed by atoms with Gasteiger partial charge in [-0.05, 0) is 17.5 Å². The molecule has 1 aliphatic rings. The van der Waals surface area contributed by atoms with Gasteiger partial charge >= 0.3 is 0 Å². The molecule has 0 spiro atoms. The first-order valence-corrected chi connectivity index (χ1v) is 7.62. The average Bonchev–Trinajstić information content (AvgIpc) is 2.48. The molecule has 1 atom stereocenters. The van der Waals surface area contributed by atoms with Gasteiger partial charge < -0.3 is 15.4 Å². The molecule has 1 unspecified atom stereocenters. The normalized spacial score (nSPS) is 18.0. The fourth-order valence-corrected chi connectivity index (χ4v) is 2.40. The van der Waals surface area contributed by atoms with Gasteiger partial charge in [0.05, 0.1) is 12.2 Å².